The largest absolute Gasteiger partial charge is 0.326 e. The van der Waals surface area contributed by atoms with Gasteiger partial charge in [0.2, 0.25) is 12.2 Å². The minimum absolute atomic E-state index is 0.0587. The fourth-order valence-electron chi connectivity index (χ4n) is 3.96. The van der Waals surface area contributed by atoms with Gasteiger partial charge in [0.1, 0.15) is 11.9 Å². The number of guanidine groups is 1. The van der Waals surface area contributed by atoms with E-state index in [4.69, 9.17) is 16.9 Å². The highest BCUT2D eigenvalue weighted by atomic mass is 35.5. The summed E-state index contributed by atoms with van der Waals surface area (Å²) < 4.78 is 13.4. The molecule has 0 aromatic heterocycles. The number of halogens is 2. The molecule has 22 heavy (non-hydrogen) atoms. The molecule has 5 nitrogen and oxygen atoms in total. The van der Waals surface area contributed by atoms with Crippen LogP contribution in [0.3, 0.4) is 0 Å². The van der Waals surface area contributed by atoms with Crippen molar-refractivity contribution in [3.63, 3.8) is 0 Å². The molecule has 0 spiro atoms. The third-order valence-corrected chi connectivity index (χ3v) is 5.09. The van der Waals surface area contributed by atoms with Crippen LogP contribution in [-0.4, -0.2) is 28.9 Å². The van der Waals surface area contributed by atoms with Crippen molar-refractivity contribution in [2.24, 2.45) is 10.9 Å². The van der Waals surface area contributed by atoms with Crippen LogP contribution in [0.1, 0.15) is 19.3 Å². The maximum absolute atomic E-state index is 13.4. The third kappa shape index (κ3) is 1.69. The van der Waals surface area contributed by atoms with Crippen LogP contribution in [0.5, 0.6) is 0 Å². The number of benzene rings is 1. The minimum Gasteiger partial charge on any atom is -0.326 e. The van der Waals surface area contributed by atoms with Gasteiger partial charge in [0.05, 0.1) is 10.7 Å². The van der Waals surface area contributed by atoms with Crippen LogP contribution < -0.4 is 4.90 Å². The van der Waals surface area contributed by atoms with Crippen LogP contribution in [-0.2, 0) is 4.79 Å². The number of hydrogen-bond donors (Lipinski definition) is 0. The standard InChI is InChI=1S/C15H12ClFN4O/c16-11-6-10(3-4-12(11)17)21-14(22)13-8-1-2-9(5-8)20(13)15(21)19-7-18/h3-4,6,8-9,13H,1-2,5H2/t8?,9?,13-/m0/s1. The van der Waals surface area contributed by atoms with E-state index in [2.05, 4.69) is 4.99 Å². The van der Waals surface area contributed by atoms with E-state index in [0.29, 0.717) is 17.6 Å². The lowest BCUT2D eigenvalue weighted by Crippen LogP contribution is -2.41. The van der Waals surface area contributed by atoms with Gasteiger partial charge in [-0.15, -0.1) is 4.99 Å². The normalized spacial score (nSPS) is 31.0. The van der Waals surface area contributed by atoms with E-state index in [1.165, 1.54) is 23.1 Å². The second-order valence-electron chi connectivity index (χ2n) is 5.86. The topological polar surface area (TPSA) is 59.7 Å². The van der Waals surface area contributed by atoms with E-state index in [0.717, 1.165) is 19.3 Å². The number of rotatable bonds is 1. The minimum atomic E-state index is -0.545. The number of hydrogen-bond acceptors (Lipinski definition) is 3. The van der Waals surface area contributed by atoms with Crippen molar-refractivity contribution in [3.8, 4) is 6.19 Å². The lowest BCUT2D eigenvalue weighted by molar-refractivity contribution is -0.120. The number of amides is 1. The highest BCUT2D eigenvalue weighted by molar-refractivity contribution is 6.31. The Labute approximate surface area is 131 Å². The molecule has 2 aliphatic heterocycles. The molecule has 2 unspecified atom stereocenters. The SMILES string of the molecule is N#CN=C1N(c2ccc(F)c(Cl)c2)C(=O)[C@@H]2C3CCC(C3)N12. The maximum Gasteiger partial charge on any atom is 0.257 e. The molecule has 2 bridgehead atoms. The van der Waals surface area contributed by atoms with E-state index in [-0.39, 0.29) is 23.0 Å². The molecule has 0 radical (unpaired) electrons. The first-order valence-electron chi connectivity index (χ1n) is 7.16. The van der Waals surface area contributed by atoms with Gasteiger partial charge in [-0.3, -0.25) is 4.79 Å². The number of nitriles is 1. The molecular weight excluding hydrogens is 307 g/mol. The van der Waals surface area contributed by atoms with Gasteiger partial charge in [-0.1, -0.05) is 11.6 Å². The molecule has 1 amide bonds. The number of aliphatic imine (C=N–C) groups is 1. The molecule has 1 aromatic rings. The van der Waals surface area contributed by atoms with Gasteiger partial charge >= 0.3 is 0 Å². The zero-order valence-corrected chi connectivity index (χ0v) is 12.3. The van der Waals surface area contributed by atoms with Crippen molar-refractivity contribution in [1.82, 2.24) is 4.90 Å². The number of fused-ring (bicyclic) bond motifs is 5. The Morgan fingerprint density at radius 1 is 1.41 bits per heavy atom. The number of carbonyl (C=O) groups is 1. The van der Waals surface area contributed by atoms with E-state index < -0.39 is 5.82 Å². The lowest BCUT2D eigenvalue weighted by Gasteiger charge is -2.28. The van der Waals surface area contributed by atoms with Crippen LogP contribution in [0.2, 0.25) is 5.02 Å². The Morgan fingerprint density at radius 3 is 2.95 bits per heavy atom. The monoisotopic (exact) mass is 318 g/mol. The Hall–Kier alpha value is -2.13. The van der Waals surface area contributed by atoms with Gasteiger partial charge in [0.15, 0.2) is 0 Å². The van der Waals surface area contributed by atoms with Gasteiger partial charge in [-0.2, -0.15) is 5.26 Å². The van der Waals surface area contributed by atoms with Gasteiger partial charge < -0.3 is 4.90 Å². The molecule has 3 fully saturated rings. The molecule has 1 aromatic carbocycles. The molecule has 7 heteroatoms. The molecule has 1 saturated carbocycles. The van der Waals surface area contributed by atoms with Crippen molar-refractivity contribution in [3.05, 3.63) is 29.0 Å². The summed E-state index contributed by atoms with van der Waals surface area (Å²) in [5, 5.41) is 8.92. The maximum atomic E-state index is 13.4. The fraction of sp³-hybridized carbons (Fsp3) is 0.400. The summed E-state index contributed by atoms with van der Waals surface area (Å²) >= 11 is 5.82. The number of piperidine rings is 1. The molecule has 3 atom stereocenters. The number of anilines is 1. The van der Waals surface area contributed by atoms with Crippen molar-refractivity contribution in [1.29, 1.82) is 5.26 Å². The summed E-state index contributed by atoms with van der Waals surface area (Å²) in [7, 11) is 0. The van der Waals surface area contributed by atoms with E-state index >= 15 is 0 Å². The molecule has 112 valence electrons. The zero-order chi connectivity index (χ0) is 15.4. The van der Waals surface area contributed by atoms with Gasteiger partial charge in [-0.25, -0.2) is 9.29 Å². The van der Waals surface area contributed by atoms with E-state index in [9.17, 15) is 9.18 Å². The first-order valence-corrected chi connectivity index (χ1v) is 7.53. The average molecular weight is 319 g/mol. The Balaban J connectivity index is 1.81. The molecule has 3 aliphatic rings. The first kappa shape index (κ1) is 13.5. The molecular formula is C15H12ClFN4O. The highest BCUT2D eigenvalue weighted by Crippen LogP contribution is 2.47. The summed E-state index contributed by atoms with van der Waals surface area (Å²) in [4.78, 5) is 20.0. The molecule has 4 rings (SSSR count). The number of carbonyl (C=O) groups excluding carboxylic acids is 1. The summed E-state index contributed by atoms with van der Waals surface area (Å²) in [5.74, 6) is -0.00466. The average Bonchev–Trinajstić information content (AvgIpc) is 3.16. The Bertz CT molecular complexity index is 744. The zero-order valence-electron chi connectivity index (χ0n) is 11.5. The van der Waals surface area contributed by atoms with Gasteiger partial charge in [0.25, 0.3) is 5.91 Å². The second kappa shape index (κ2) is 4.68. The summed E-state index contributed by atoms with van der Waals surface area (Å²) in [6, 6.07) is 4.09. The smallest absolute Gasteiger partial charge is 0.257 e. The summed E-state index contributed by atoms with van der Waals surface area (Å²) in [6.07, 6.45) is 4.78. The van der Waals surface area contributed by atoms with Crippen molar-refractivity contribution in [2.75, 3.05) is 4.90 Å². The van der Waals surface area contributed by atoms with Crippen LogP contribution in [0.25, 0.3) is 0 Å². The van der Waals surface area contributed by atoms with Crippen molar-refractivity contribution < 1.29 is 9.18 Å². The fourth-order valence-corrected chi connectivity index (χ4v) is 4.13. The molecule has 2 heterocycles. The quantitative estimate of drug-likeness (QED) is 0.748. The Morgan fingerprint density at radius 2 is 2.23 bits per heavy atom. The van der Waals surface area contributed by atoms with E-state index in [1.807, 2.05) is 4.90 Å². The van der Waals surface area contributed by atoms with Gasteiger partial charge in [0, 0.05) is 6.04 Å². The predicted molar refractivity (Wildman–Crippen MR) is 78.7 cm³/mol. The highest BCUT2D eigenvalue weighted by Gasteiger charge is 2.58. The molecule has 0 N–H and O–H groups in total. The lowest BCUT2D eigenvalue weighted by atomic mass is 9.99. The van der Waals surface area contributed by atoms with Crippen molar-refractivity contribution >= 4 is 29.2 Å². The molecule has 1 aliphatic carbocycles. The first-order chi connectivity index (χ1) is 10.6. The van der Waals surface area contributed by atoms with Crippen molar-refractivity contribution in [2.45, 2.75) is 31.3 Å². The van der Waals surface area contributed by atoms with Crippen LogP contribution in [0.4, 0.5) is 10.1 Å². The third-order valence-electron chi connectivity index (χ3n) is 4.80. The summed E-state index contributed by atoms with van der Waals surface area (Å²) in [5.41, 5.74) is 0.444. The van der Waals surface area contributed by atoms with E-state index in [1.54, 1.807) is 6.19 Å². The summed E-state index contributed by atoms with van der Waals surface area (Å²) in [6.45, 7) is 0. The second-order valence-corrected chi connectivity index (χ2v) is 6.27. The van der Waals surface area contributed by atoms with Gasteiger partial charge in [-0.05, 0) is 43.4 Å². The van der Waals surface area contributed by atoms with Crippen LogP contribution in [0, 0.1) is 23.2 Å². The number of nitrogens with zero attached hydrogens (tertiary/aromatic N) is 4. The molecule has 2 saturated heterocycles. The predicted octanol–water partition coefficient (Wildman–Crippen LogP) is 2.52. The van der Waals surface area contributed by atoms with Crippen LogP contribution >= 0.6 is 11.6 Å². The Kier molecular flexibility index (Phi) is 2.88. The van der Waals surface area contributed by atoms with Crippen LogP contribution in [0.15, 0.2) is 23.2 Å².